The van der Waals surface area contributed by atoms with Crippen molar-refractivity contribution >= 4 is 5.69 Å². The lowest BCUT2D eigenvalue weighted by molar-refractivity contribution is -0.141. The summed E-state index contributed by atoms with van der Waals surface area (Å²) >= 11 is 0. The van der Waals surface area contributed by atoms with Crippen LogP contribution in [0.2, 0.25) is 0 Å². The molecule has 112 valence electrons. The zero-order valence-electron chi connectivity index (χ0n) is 10.8. The average molecular weight is 299 g/mol. The molecule has 1 atom stereocenters. The lowest BCUT2D eigenvalue weighted by Crippen LogP contribution is -2.31. The topological polar surface area (TPSA) is 77.9 Å². The molecule has 1 aliphatic heterocycles. The van der Waals surface area contributed by atoms with Crippen LogP contribution in [0, 0.1) is 0 Å². The van der Waals surface area contributed by atoms with E-state index in [1.54, 1.807) is 4.90 Å². The van der Waals surface area contributed by atoms with Gasteiger partial charge < -0.3 is 10.0 Å². The second-order valence-corrected chi connectivity index (χ2v) is 4.96. The van der Waals surface area contributed by atoms with E-state index in [-0.39, 0.29) is 6.54 Å². The number of nitrogens with zero attached hydrogens (tertiary/aromatic N) is 4. The maximum absolute atomic E-state index is 12.7. The minimum Gasteiger partial charge on any atom is -0.381 e. The van der Waals surface area contributed by atoms with Crippen LogP contribution in [0.4, 0.5) is 18.9 Å². The third kappa shape index (κ3) is 2.56. The van der Waals surface area contributed by atoms with Crippen molar-refractivity contribution in [1.82, 2.24) is 20.4 Å². The van der Waals surface area contributed by atoms with Gasteiger partial charge >= 0.3 is 6.18 Å². The Balaban J connectivity index is 1.84. The number of alkyl halides is 3. The van der Waals surface area contributed by atoms with Crippen LogP contribution in [-0.4, -0.2) is 38.6 Å². The van der Waals surface area contributed by atoms with Crippen molar-refractivity contribution in [1.29, 1.82) is 0 Å². The van der Waals surface area contributed by atoms with Gasteiger partial charge in [0.2, 0.25) is 0 Å². The normalized spacial score (nSPS) is 22.8. The molecule has 0 unspecified atom stereocenters. The molecule has 0 bridgehead atoms. The Morgan fingerprint density at radius 3 is 2.86 bits per heavy atom. The molecule has 9 heteroatoms. The summed E-state index contributed by atoms with van der Waals surface area (Å²) in [4.78, 5) is 5.00. The number of hydrogen-bond donors (Lipinski definition) is 2. The van der Waals surface area contributed by atoms with Crippen molar-refractivity contribution in [2.75, 3.05) is 18.0 Å². The van der Waals surface area contributed by atoms with Gasteiger partial charge in [0.15, 0.2) is 0 Å². The summed E-state index contributed by atoms with van der Waals surface area (Å²) in [7, 11) is 0. The Labute approximate surface area is 117 Å². The van der Waals surface area contributed by atoms with Gasteiger partial charge in [0.1, 0.15) is 17.0 Å². The number of pyridine rings is 1. The monoisotopic (exact) mass is 299 g/mol. The first-order valence-electron chi connectivity index (χ1n) is 6.25. The van der Waals surface area contributed by atoms with Crippen LogP contribution in [-0.2, 0) is 11.8 Å². The lowest BCUT2D eigenvalue weighted by atomic mass is 10.00. The maximum atomic E-state index is 12.7. The minimum absolute atomic E-state index is 0.154. The first-order chi connectivity index (χ1) is 9.88. The first-order valence-corrected chi connectivity index (χ1v) is 6.25. The number of aromatic nitrogens is 4. The molecule has 2 aromatic rings. The highest BCUT2D eigenvalue weighted by molar-refractivity contribution is 5.49. The van der Waals surface area contributed by atoms with Gasteiger partial charge in [0, 0.05) is 24.8 Å². The van der Waals surface area contributed by atoms with E-state index in [1.807, 2.05) is 0 Å². The highest BCUT2D eigenvalue weighted by Crippen LogP contribution is 2.35. The number of β-amino-alcohol motifs (C(OH)–C–C–N with tert-alkyl or cyclic N) is 1. The SMILES string of the molecule is O[C@@]1(c2cn[nH]n2)CCN(c2ccnc(C(F)(F)F)c2)C1. The smallest absolute Gasteiger partial charge is 0.381 e. The summed E-state index contributed by atoms with van der Waals surface area (Å²) in [6, 6.07) is 2.47. The lowest BCUT2D eigenvalue weighted by Gasteiger charge is -2.22. The molecule has 1 fully saturated rings. The molecule has 3 heterocycles. The van der Waals surface area contributed by atoms with Gasteiger partial charge in [0.05, 0.1) is 12.7 Å². The van der Waals surface area contributed by atoms with Gasteiger partial charge in [-0.25, -0.2) is 0 Å². The number of H-pyrrole nitrogens is 1. The van der Waals surface area contributed by atoms with Gasteiger partial charge in [-0.05, 0) is 12.1 Å². The van der Waals surface area contributed by atoms with E-state index in [1.165, 1.54) is 12.3 Å². The summed E-state index contributed by atoms with van der Waals surface area (Å²) in [5, 5.41) is 20.4. The Morgan fingerprint density at radius 2 is 2.19 bits per heavy atom. The zero-order chi connectivity index (χ0) is 15.1. The third-order valence-electron chi connectivity index (χ3n) is 3.54. The summed E-state index contributed by atoms with van der Waals surface area (Å²) in [6.45, 7) is 0.575. The molecule has 0 aliphatic carbocycles. The molecule has 2 N–H and O–H groups in total. The van der Waals surface area contributed by atoms with E-state index in [0.717, 1.165) is 12.3 Å². The van der Waals surface area contributed by atoms with Crippen molar-refractivity contribution in [2.24, 2.45) is 0 Å². The van der Waals surface area contributed by atoms with Crippen LogP contribution >= 0.6 is 0 Å². The van der Waals surface area contributed by atoms with E-state index < -0.39 is 17.5 Å². The predicted octanol–water partition coefficient (Wildman–Crippen LogP) is 1.32. The maximum Gasteiger partial charge on any atom is 0.433 e. The quantitative estimate of drug-likeness (QED) is 0.874. The molecule has 3 rings (SSSR count). The molecule has 1 aliphatic rings. The van der Waals surface area contributed by atoms with E-state index in [4.69, 9.17) is 0 Å². The number of hydrogen-bond acceptors (Lipinski definition) is 5. The number of halogens is 3. The van der Waals surface area contributed by atoms with Crippen molar-refractivity contribution in [3.63, 3.8) is 0 Å². The number of aromatic amines is 1. The Kier molecular flexibility index (Phi) is 3.08. The van der Waals surface area contributed by atoms with E-state index >= 15 is 0 Å². The van der Waals surface area contributed by atoms with Crippen molar-refractivity contribution in [3.8, 4) is 0 Å². The third-order valence-corrected chi connectivity index (χ3v) is 3.54. The van der Waals surface area contributed by atoms with E-state index in [9.17, 15) is 18.3 Å². The van der Waals surface area contributed by atoms with Crippen molar-refractivity contribution in [2.45, 2.75) is 18.2 Å². The fraction of sp³-hybridized carbons (Fsp3) is 0.417. The Hall–Kier alpha value is -2.16. The molecule has 0 aromatic carbocycles. The molecule has 0 radical (unpaired) electrons. The average Bonchev–Trinajstić information content (AvgIpc) is 3.08. The molecule has 0 amide bonds. The Morgan fingerprint density at radius 1 is 1.38 bits per heavy atom. The highest BCUT2D eigenvalue weighted by Gasteiger charge is 2.40. The molecule has 6 nitrogen and oxygen atoms in total. The van der Waals surface area contributed by atoms with Crippen LogP contribution < -0.4 is 4.90 Å². The van der Waals surface area contributed by atoms with Crippen LogP contribution in [0.5, 0.6) is 0 Å². The minimum atomic E-state index is -4.49. The van der Waals surface area contributed by atoms with Crippen molar-refractivity contribution in [3.05, 3.63) is 35.9 Å². The standard InChI is InChI=1S/C12H12F3N5O/c13-12(14,15)9-5-8(1-3-16-9)20-4-2-11(21,7-20)10-6-17-19-18-10/h1,3,5-6,21H,2,4,7H2,(H,17,18,19)/t11-/m0/s1. The number of anilines is 1. The molecule has 0 spiro atoms. The molecule has 2 aromatic heterocycles. The van der Waals surface area contributed by atoms with Gasteiger partial charge in [-0.2, -0.15) is 28.6 Å². The fourth-order valence-corrected chi connectivity index (χ4v) is 2.42. The molecular formula is C12H12F3N5O. The van der Waals surface area contributed by atoms with Crippen LogP contribution in [0.25, 0.3) is 0 Å². The first kappa shape index (κ1) is 13.8. The van der Waals surface area contributed by atoms with Gasteiger partial charge in [-0.15, -0.1) is 0 Å². The number of aliphatic hydroxyl groups is 1. The van der Waals surface area contributed by atoms with Crippen molar-refractivity contribution < 1.29 is 18.3 Å². The Bertz CT molecular complexity index is 630. The predicted molar refractivity (Wildman–Crippen MR) is 66.3 cm³/mol. The second-order valence-electron chi connectivity index (χ2n) is 4.96. The largest absolute Gasteiger partial charge is 0.433 e. The van der Waals surface area contributed by atoms with Gasteiger partial charge in [0.25, 0.3) is 0 Å². The number of rotatable bonds is 2. The summed E-state index contributed by atoms with van der Waals surface area (Å²) in [5.74, 6) is 0. The highest BCUT2D eigenvalue weighted by atomic mass is 19.4. The summed E-state index contributed by atoms with van der Waals surface area (Å²) in [6.07, 6.45) is -1.59. The van der Waals surface area contributed by atoms with Gasteiger partial charge in [-0.1, -0.05) is 0 Å². The molecular weight excluding hydrogens is 287 g/mol. The van der Waals surface area contributed by atoms with Crippen LogP contribution in [0.15, 0.2) is 24.5 Å². The second kappa shape index (κ2) is 4.69. The summed E-state index contributed by atoms with van der Waals surface area (Å²) < 4.78 is 38.0. The fourth-order valence-electron chi connectivity index (χ4n) is 2.42. The molecule has 0 saturated carbocycles. The number of nitrogens with one attached hydrogen (secondary N) is 1. The molecule has 1 saturated heterocycles. The van der Waals surface area contributed by atoms with Gasteiger partial charge in [-0.3, -0.25) is 4.98 Å². The van der Waals surface area contributed by atoms with Crippen LogP contribution in [0.3, 0.4) is 0 Å². The summed E-state index contributed by atoms with van der Waals surface area (Å²) in [5.41, 5.74) is -1.40. The zero-order valence-corrected chi connectivity index (χ0v) is 10.8. The van der Waals surface area contributed by atoms with E-state index in [2.05, 4.69) is 20.4 Å². The van der Waals surface area contributed by atoms with Crippen LogP contribution in [0.1, 0.15) is 17.8 Å². The molecule has 21 heavy (non-hydrogen) atoms. The van der Waals surface area contributed by atoms with E-state index in [0.29, 0.717) is 24.3 Å².